The SMILES string of the molecule is COc1ccc(Oc2c(N3CCN(C)CC3)cnn(-c3ccc(C(C)C)cc3)c2=O)cc1. The summed E-state index contributed by atoms with van der Waals surface area (Å²) < 4.78 is 12.8. The maximum Gasteiger partial charge on any atom is 0.316 e. The molecule has 0 unspecified atom stereocenters. The van der Waals surface area contributed by atoms with E-state index < -0.39 is 0 Å². The fourth-order valence-electron chi connectivity index (χ4n) is 3.74. The van der Waals surface area contributed by atoms with E-state index >= 15 is 0 Å². The number of hydrogen-bond donors (Lipinski definition) is 0. The Balaban J connectivity index is 1.74. The van der Waals surface area contributed by atoms with Gasteiger partial charge < -0.3 is 19.3 Å². The highest BCUT2D eigenvalue weighted by Crippen LogP contribution is 2.30. The Bertz CT molecular complexity index is 1100. The van der Waals surface area contributed by atoms with Crippen molar-refractivity contribution in [2.24, 2.45) is 0 Å². The lowest BCUT2D eigenvalue weighted by Gasteiger charge is -2.34. The molecule has 4 rings (SSSR count). The summed E-state index contributed by atoms with van der Waals surface area (Å²) in [5, 5.41) is 4.50. The van der Waals surface area contributed by atoms with Gasteiger partial charge in [0, 0.05) is 26.2 Å². The Morgan fingerprint density at radius 1 is 0.906 bits per heavy atom. The number of methoxy groups -OCH3 is 1. The van der Waals surface area contributed by atoms with Crippen molar-refractivity contribution in [3.05, 3.63) is 70.6 Å². The van der Waals surface area contributed by atoms with E-state index in [9.17, 15) is 4.79 Å². The van der Waals surface area contributed by atoms with Crippen molar-refractivity contribution in [1.82, 2.24) is 14.7 Å². The molecule has 0 bridgehead atoms. The zero-order valence-corrected chi connectivity index (χ0v) is 19.1. The Kier molecular flexibility index (Phi) is 6.46. The van der Waals surface area contributed by atoms with E-state index in [1.54, 1.807) is 25.4 Å². The first kappa shape index (κ1) is 21.9. The molecule has 1 aromatic heterocycles. The molecule has 1 fully saturated rings. The van der Waals surface area contributed by atoms with Gasteiger partial charge in [0.1, 0.15) is 17.2 Å². The number of ether oxygens (including phenoxy) is 2. The van der Waals surface area contributed by atoms with E-state index in [4.69, 9.17) is 9.47 Å². The van der Waals surface area contributed by atoms with Crippen LogP contribution in [-0.4, -0.2) is 55.0 Å². The maximum atomic E-state index is 13.6. The summed E-state index contributed by atoms with van der Waals surface area (Å²) >= 11 is 0. The molecule has 0 saturated carbocycles. The zero-order valence-electron chi connectivity index (χ0n) is 19.1. The van der Waals surface area contributed by atoms with E-state index in [1.807, 2.05) is 36.4 Å². The molecule has 1 saturated heterocycles. The molecule has 0 spiro atoms. The third kappa shape index (κ3) is 4.62. The number of benzene rings is 2. The number of rotatable bonds is 6. The third-order valence-corrected chi connectivity index (χ3v) is 5.84. The predicted molar refractivity (Wildman–Crippen MR) is 127 cm³/mol. The fourth-order valence-corrected chi connectivity index (χ4v) is 3.74. The first-order chi connectivity index (χ1) is 15.5. The molecule has 2 aromatic carbocycles. The molecule has 0 amide bonds. The van der Waals surface area contributed by atoms with Gasteiger partial charge in [-0.15, -0.1) is 0 Å². The van der Waals surface area contributed by atoms with Crippen molar-refractivity contribution in [2.75, 3.05) is 45.2 Å². The molecule has 7 heteroatoms. The van der Waals surface area contributed by atoms with Gasteiger partial charge in [0.05, 0.1) is 19.0 Å². The molecular formula is C25H30N4O3. The van der Waals surface area contributed by atoms with Crippen molar-refractivity contribution < 1.29 is 9.47 Å². The van der Waals surface area contributed by atoms with Crippen LogP contribution in [0.1, 0.15) is 25.3 Å². The minimum absolute atomic E-state index is 0.280. The van der Waals surface area contributed by atoms with Crippen LogP contribution in [0.5, 0.6) is 17.2 Å². The van der Waals surface area contributed by atoms with E-state index in [0.29, 0.717) is 23.0 Å². The molecule has 0 N–H and O–H groups in total. The number of nitrogens with zero attached hydrogens (tertiary/aromatic N) is 4. The van der Waals surface area contributed by atoms with Crippen molar-refractivity contribution in [1.29, 1.82) is 0 Å². The van der Waals surface area contributed by atoms with Crippen molar-refractivity contribution >= 4 is 5.69 Å². The van der Waals surface area contributed by atoms with E-state index in [-0.39, 0.29) is 11.3 Å². The second-order valence-corrected chi connectivity index (χ2v) is 8.39. The number of piperazine rings is 1. The van der Waals surface area contributed by atoms with Crippen molar-refractivity contribution in [3.8, 4) is 22.9 Å². The lowest BCUT2D eigenvalue weighted by molar-refractivity contribution is 0.311. The van der Waals surface area contributed by atoms with Crippen LogP contribution in [0.25, 0.3) is 5.69 Å². The Labute approximate surface area is 188 Å². The average molecular weight is 435 g/mol. The summed E-state index contributed by atoms with van der Waals surface area (Å²) in [5.74, 6) is 2.00. The smallest absolute Gasteiger partial charge is 0.316 e. The Morgan fingerprint density at radius 2 is 1.53 bits per heavy atom. The first-order valence-electron chi connectivity index (χ1n) is 10.9. The summed E-state index contributed by atoms with van der Waals surface area (Å²) in [5.41, 5.74) is 2.36. The topological polar surface area (TPSA) is 59.8 Å². The normalized spacial score (nSPS) is 14.6. The predicted octanol–water partition coefficient (Wildman–Crippen LogP) is 3.91. The van der Waals surface area contributed by atoms with Gasteiger partial charge in [-0.05, 0) is 54.9 Å². The standard InChI is InChI=1S/C25H30N4O3/c1-18(2)19-5-7-20(8-6-19)29-25(30)24(32-22-11-9-21(31-4)10-12-22)23(17-26-29)28-15-13-27(3)14-16-28/h5-12,17-18H,13-16H2,1-4H3. The van der Waals surface area contributed by atoms with Crippen LogP contribution in [0.4, 0.5) is 5.69 Å². The molecular weight excluding hydrogens is 404 g/mol. The summed E-state index contributed by atoms with van der Waals surface area (Å²) in [6, 6.07) is 15.2. The van der Waals surface area contributed by atoms with Gasteiger partial charge in [-0.25, -0.2) is 0 Å². The minimum Gasteiger partial charge on any atom is -0.497 e. The largest absolute Gasteiger partial charge is 0.497 e. The number of aromatic nitrogens is 2. The summed E-state index contributed by atoms with van der Waals surface area (Å²) in [4.78, 5) is 18.0. The van der Waals surface area contributed by atoms with Crippen LogP contribution >= 0.6 is 0 Å². The Morgan fingerprint density at radius 3 is 2.12 bits per heavy atom. The quantitative estimate of drug-likeness (QED) is 0.586. The molecule has 32 heavy (non-hydrogen) atoms. The van der Waals surface area contributed by atoms with Gasteiger partial charge in [0.2, 0.25) is 5.75 Å². The Hall–Kier alpha value is -3.32. The zero-order chi connectivity index (χ0) is 22.7. The molecule has 168 valence electrons. The van der Waals surface area contributed by atoms with Crippen molar-refractivity contribution in [2.45, 2.75) is 19.8 Å². The second-order valence-electron chi connectivity index (χ2n) is 8.39. The van der Waals surface area contributed by atoms with Gasteiger partial charge in [-0.1, -0.05) is 26.0 Å². The molecule has 1 aliphatic rings. The van der Waals surface area contributed by atoms with Crippen LogP contribution in [-0.2, 0) is 0 Å². The van der Waals surface area contributed by atoms with Crippen LogP contribution in [0.3, 0.4) is 0 Å². The highest BCUT2D eigenvalue weighted by atomic mass is 16.5. The van der Waals surface area contributed by atoms with Gasteiger partial charge in [0.25, 0.3) is 0 Å². The summed E-state index contributed by atoms with van der Waals surface area (Å²) in [7, 11) is 3.72. The first-order valence-corrected chi connectivity index (χ1v) is 10.9. The van der Waals surface area contributed by atoms with Gasteiger partial charge in [-0.3, -0.25) is 4.79 Å². The minimum atomic E-state index is -0.283. The summed E-state index contributed by atoms with van der Waals surface area (Å²) in [6.45, 7) is 7.74. The third-order valence-electron chi connectivity index (χ3n) is 5.84. The van der Waals surface area contributed by atoms with Crippen LogP contribution in [0, 0.1) is 0 Å². The van der Waals surface area contributed by atoms with Gasteiger partial charge in [-0.2, -0.15) is 9.78 Å². The lowest BCUT2D eigenvalue weighted by atomic mass is 10.0. The van der Waals surface area contributed by atoms with Crippen LogP contribution in [0.15, 0.2) is 59.5 Å². The second kappa shape index (κ2) is 9.44. The highest BCUT2D eigenvalue weighted by Gasteiger charge is 2.23. The molecule has 7 nitrogen and oxygen atoms in total. The number of anilines is 1. The molecule has 2 heterocycles. The number of hydrogen-bond acceptors (Lipinski definition) is 6. The molecule has 3 aromatic rings. The average Bonchev–Trinajstić information content (AvgIpc) is 2.81. The molecule has 1 aliphatic heterocycles. The van der Waals surface area contributed by atoms with E-state index in [1.165, 1.54) is 10.2 Å². The monoisotopic (exact) mass is 434 g/mol. The highest BCUT2D eigenvalue weighted by molar-refractivity contribution is 5.58. The molecule has 0 atom stereocenters. The molecule has 0 aliphatic carbocycles. The number of likely N-dealkylation sites (N-methyl/N-ethyl adjacent to an activating group) is 1. The van der Waals surface area contributed by atoms with Crippen LogP contribution in [0.2, 0.25) is 0 Å². The maximum absolute atomic E-state index is 13.6. The van der Waals surface area contributed by atoms with Gasteiger partial charge in [0.15, 0.2) is 0 Å². The van der Waals surface area contributed by atoms with Crippen LogP contribution < -0.4 is 19.9 Å². The fraction of sp³-hybridized carbons (Fsp3) is 0.360. The van der Waals surface area contributed by atoms with Gasteiger partial charge >= 0.3 is 5.56 Å². The summed E-state index contributed by atoms with van der Waals surface area (Å²) in [6.07, 6.45) is 1.74. The van der Waals surface area contributed by atoms with Crippen molar-refractivity contribution in [3.63, 3.8) is 0 Å². The lowest BCUT2D eigenvalue weighted by Crippen LogP contribution is -2.45. The van der Waals surface area contributed by atoms with E-state index in [0.717, 1.165) is 31.9 Å². The molecule has 0 radical (unpaired) electrons. The van der Waals surface area contributed by atoms with E-state index in [2.05, 4.69) is 35.8 Å².